The van der Waals surface area contributed by atoms with Gasteiger partial charge in [0.2, 0.25) is 0 Å². The Morgan fingerprint density at radius 3 is 3.00 bits per heavy atom. The van der Waals surface area contributed by atoms with Crippen LogP contribution in [0.2, 0.25) is 0 Å². The predicted molar refractivity (Wildman–Crippen MR) is 98.4 cm³/mol. The highest BCUT2D eigenvalue weighted by atomic mass is 32.1. The second-order valence-electron chi connectivity index (χ2n) is 6.51. The Balaban J connectivity index is 1.88. The van der Waals surface area contributed by atoms with Gasteiger partial charge in [0.15, 0.2) is 0 Å². The van der Waals surface area contributed by atoms with Gasteiger partial charge in [-0.25, -0.2) is 4.39 Å². The van der Waals surface area contributed by atoms with Crippen LogP contribution in [-0.4, -0.2) is 15.6 Å². The zero-order chi connectivity index (χ0) is 18.4. The third kappa shape index (κ3) is 2.59. The van der Waals surface area contributed by atoms with E-state index >= 15 is 0 Å². The maximum atomic E-state index is 14.0. The average molecular weight is 372 g/mol. The molecule has 1 atom stereocenters. The van der Waals surface area contributed by atoms with Crippen LogP contribution >= 0.6 is 11.3 Å². The molecule has 1 aromatic carbocycles. The highest BCUT2D eigenvalue weighted by Crippen LogP contribution is 2.35. The molecular formula is C19H17FN2O3S. The number of benzene rings is 1. The van der Waals surface area contributed by atoms with Crippen molar-refractivity contribution in [2.45, 2.75) is 32.4 Å². The van der Waals surface area contributed by atoms with Gasteiger partial charge < -0.3 is 15.0 Å². The standard InChI is InChI=1S/C19H17FN2O3S/c1-10-4-5-11-7-12(20)8-14-16(11)22(10)19(25)15(17(14)23)18(24)21-9-13-3-2-6-26-13/h2-3,6-8,10,23H,4-5,9H2,1H3,(H,21,24). The van der Waals surface area contributed by atoms with Crippen LogP contribution in [0.25, 0.3) is 10.9 Å². The molecule has 0 fully saturated rings. The highest BCUT2D eigenvalue weighted by molar-refractivity contribution is 7.09. The molecule has 0 aliphatic carbocycles. The minimum atomic E-state index is -0.657. The predicted octanol–water partition coefficient (Wildman–Crippen LogP) is 3.34. The van der Waals surface area contributed by atoms with Crippen molar-refractivity contribution in [2.24, 2.45) is 0 Å². The molecule has 1 unspecified atom stereocenters. The van der Waals surface area contributed by atoms with Crippen molar-refractivity contribution in [3.05, 3.63) is 61.8 Å². The van der Waals surface area contributed by atoms with Crippen LogP contribution < -0.4 is 10.9 Å². The number of hydrogen-bond acceptors (Lipinski definition) is 4. The van der Waals surface area contributed by atoms with Gasteiger partial charge >= 0.3 is 0 Å². The van der Waals surface area contributed by atoms with Crippen LogP contribution in [0.3, 0.4) is 0 Å². The van der Waals surface area contributed by atoms with Gasteiger partial charge in [-0.3, -0.25) is 9.59 Å². The van der Waals surface area contributed by atoms with Gasteiger partial charge in [0.05, 0.1) is 12.1 Å². The maximum absolute atomic E-state index is 14.0. The van der Waals surface area contributed by atoms with Gasteiger partial charge in [-0.15, -0.1) is 11.3 Å². The molecule has 1 aliphatic rings. The van der Waals surface area contributed by atoms with Crippen molar-refractivity contribution < 1.29 is 14.3 Å². The number of halogens is 1. The van der Waals surface area contributed by atoms with Crippen LogP contribution in [-0.2, 0) is 13.0 Å². The summed E-state index contributed by atoms with van der Waals surface area (Å²) in [6.45, 7) is 2.15. The summed E-state index contributed by atoms with van der Waals surface area (Å²) in [7, 11) is 0. The molecule has 1 amide bonds. The molecule has 0 radical (unpaired) electrons. The van der Waals surface area contributed by atoms with Crippen molar-refractivity contribution in [3.63, 3.8) is 0 Å². The first-order valence-electron chi connectivity index (χ1n) is 8.37. The lowest BCUT2D eigenvalue weighted by Gasteiger charge is -2.26. The van der Waals surface area contributed by atoms with Crippen molar-refractivity contribution in [3.8, 4) is 5.75 Å². The van der Waals surface area contributed by atoms with Gasteiger partial charge in [-0.2, -0.15) is 0 Å². The molecule has 0 bridgehead atoms. The van der Waals surface area contributed by atoms with Crippen molar-refractivity contribution in [2.75, 3.05) is 0 Å². The zero-order valence-corrected chi connectivity index (χ0v) is 14.9. The van der Waals surface area contributed by atoms with Gasteiger partial charge in [-0.05, 0) is 48.9 Å². The quantitative estimate of drug-likeness (QED) is 0.741. The smallest absolute Gasteiger partial charge is 0.267 e. The maximum Gasteiger partial charge on any atom is 0.267 e. The molecule has 0 saturated carbocycles. The SMILES string of the molecule is CC1CCc2cc(F)cc3c(O)c(C(=O)NCc4cccs4)c(=O)n1c23. The Hall–Kier alpha value is -2.67. The van der Waals surface area contributed by atoms with E-state index in [0.29, 0.717) is 23.9 Å². The fraction of sp³-hybridized carbons (Fsp3) is 0.263. The number of nitrogens with one attached hydrogen (secondary N) is 1. The first-order chi connectivity index (χ1) is 12.5. The minimum Gasteiger partial charge on any atom is -0.506 e. The van der Waals surface area contributed by atoms with Gasteiger partial charge in [0.25, 0.3) is 11.5 Å². The van der Waals surface area contributed by atoms with Gasteiger partial charge in [0, 0.05) is 16.3 Å². The molecule has 3 heterocycles. The molecule has 5 nitrogen and oxygen atoms in total. The van der Waals surface area contributed by atoms with Crippen molar-refractivity contribution in [1.29, 1.82) is 0 Å². The van der Waals surface area contributed by atoms with Crippen LogP contribution in [0.15, 0.2) is 34.4 Å². The first-order valence-corrected chi connectivity index (χ1v) is 9.25. The van der Waals surface area contributed by atoms with Crippen molar-refractivity contribution >= 4 is 28.1 Å². The highest BCUT2D eigenvalue weighted by Gasteiger charge is 2.28. The lowest BCUT2D eigenvalue weighted by molar-refractivity contribution is 0.0946. The lowest BCUT2D eigenvalue weighted by Crippen LogP contribution is -2.35. The summed E-state index contributed by atoms with van der Waals surface area (Å²) in [4.78, 5) is 26.5. The fourth-order valence-corrected chi connectivity index (χ4v) is 4.20. The second-order valence-corrected chi connectivity index (χ2v) is 7.54. The van der Waals surface area contributed by atoms with E-state index in [1.54, 1.807) is 0 Å². The Morgan fingerprint density at radius 1 is 1.46 bits per heavy atom. The molecule has 0 saturated heterocycles. The molecule has 26 heavy (non-hydrogen) atoms. The monoisotopic (exact) mass is 372 g/mol. The van der Waals surface area contributed by atoms with E-state index in [0.717, 1.165) is 4.88 Å². The number of amides is 1. The molecule has 1 aliphatic heterocycles. The first kappa shape index (κ1) is 16.8. The number of aromatic nitrogens is 1. The Kier molecular flexibility index (Phi) is 4.03. The number of hydrogen-bond donors (Lipinski definition) is 2. The van der Waals surface area contributed by atoms with E-state index in [1.807, 2.05) is 24.4 Å². The van der Waals surface area contributed by atoms with E-state index in [1.165, 1.54) is 28.0 Å². The van der Waals surface area contributed by atoms with Crippen LogP contribution in [0.5, 0.6) is 5.75 Å². The van der Waals surface area contributed by atoms with E-state index in [-0.39, 0.29) is 23.5 Å². The van der Waals surface area contributed by atoms with E-state index < -0.39 is 23.0 Å². The molecule has 134 valence electrons. The third-order valence-electron chi connectivity index (χ3n) is 4.82. The zero-order valence-electron chi connectivity index (χ0n) is 14.1. The van der Waals surface area contributed by atoms with E-state index in [2.05, 4.69) is 5.32 Å². The molecule has 7 heteroatoms. The number of pyridine rings is 1. The summed E-state index contributed by atoms with van der Waals surface area (Å²) in [5, 5.41) is 15.4. The fourth-order valence-electron chi connectivity index (χ4n) is 3.56. The summed E-state index contributed by atoms with van der Waals surface area (Å²) in [6, 6.07) is 6.17. The van der Waals surface area contributed by atoms with Crippen LogP contribution in [0, 0.1) is 5.82 Å². The summed E-state index contributed by atoms with van der Waals surface area (Å²) >= 11 is 1.48. The number of carbonyl (C=O) groups excluding carboxylic acids is 1. The normalized spacial score (nSPS) is 16.0. The number of carbonyl (C=O) groups is 1. The largest absolute Gasteiger partial charge is 0.506 e. The lowest BCUT2D eigenvalue weighted by atomic mass is 9.95. The third-order valence-corrected chi connectivity index (χ3v) is 5.70. The number of aromatic hydroxyl groups is 1. The van der Waals surface area contributed by atoms with E-state index in [4.69, 9.17) is 0 Å². The number of thiophene rings is 1. The summed E-state index contributed by atoms with van der Waals surface area (Å²) in [6.07, 6.45) is 1.30. The molecular weight excluding hydrogens is 355 g/mol. The number of aryl methyl sites for hydroxylation is 1. The Labute approximate surface area is 152 Å². The number of nitrogens with zero attached hydrogens (tertiary/aromatic N) is 1. The summed E-state index contributed by atoms with van der Waals surface area (Å²) in [5.41, 5.74) is 0.316. The molecule has 2 aromatic heterocycles. The number of rotatable bonds is 3. The van der Waals surface area contributed by atoms with Gasteiger partial charge in [0.1, 0.15) is 17.1 Å². The van der Waals surface area contributed by atoms with E-state index in [9.17, 15) is 19.1 Å². The molecule has 2 N–H and O–H groups in total. The molecule has 0 spiro atoms. The van der Waals surface area contributed by atoms with Crippen LogP contribution in [0.4, 0.5) is 4.39 Å². The topological polar surface area (TPSA) is 71.3 Å². The molecule has 4 rings (SSSR count). The van der Waals surface area contributed by atoms with Gasteiger partial charge in [-0.1, -0.05) is 6.07 Å². The molecule has 3 aromatic rings. The Morgan fingerprint density at radius 2 is 2.27 bits per heavy atom. The Bertz CT molecular complexity index is 1070. The second kappa shape index (κ2) is 6.25. The summed E-state index contributed by atoms with van der Waals surface area (Å²) < 4.78 is 15.5. The minimum absolute atomic E-state index is 0.132. The summed E-state index contributed by atoms with van der Waals surface area (Å²) in [5.74, 6) is -1.61. The average Bonchev–Trinajstić information content (AvgIpc) is 3.12. The van der Waals surface area contributed by atoms with Crippen LogP contribution in [0.1, 0.15) is 40.2 Å². The van der Waals surface area contributed by atoms with Crippen molar-refractivity contribution in [1.82, 2.24) is 9.88 Å².